The average molecular weight is 194 g/mol. The SMILES string of the molecule is NC(=O)C1=NNC(S(=O)(=O)O)N1. The van der Waals surface area contributed by atoms with Crippen LogP contribution in [0.1, 0.15) is 0 Å². The fraction of sp³-hybridized carbons (Fsp3) is 0.333. The number of rotatable bonds is 2. The van der Waals surface area contributed by atoms with E-state index in [9.17, 15) is 13.2 Å². The monoisotopic (exact) mass is 194 g/mol. The minimum atomic E-state index is -4.31. The molecule has 0 aromatic heterocycles. The van der Waals surface area contributed by atoms with Gasteiger partial charge in [-0.15, -0.1) is 0 Å². The molecular formula is C3H6N4O4S. The van der Waals surface area contributed by atoms with Crippen LogP contribution in [0.4, 0.5) is 0 Å². The molecule has 0 fully saturated rings. The van der Waals surface area contributed by atoms with Gasteiger partial charge in [0.1, 0.15) is 0 Å². The third-order valence-corrected chi connectivity index (χ3v) is 1.91. The predicted molar refractivity (Wildman–Crippen MR) is 38.2 cm³/mol. The molecule has 5 N–H and O–H groups in total. The Morgan fingerprint density at radius 3 is 2.50 bits per heavy atom. The second kappa shape index (κ2) is 2.60. The van der Waals surface area contributed by atoms with Crippen molar-refractivity contribution in [3.8, 4) is 0 Å². The molecule has 0 spiro atoms. The van der Waals surface area contributed by atoms with Gasteiger partial charge in [-0.1, -0.05) is 0 Å². The molecule has 0 aromatic carbocycles. The first-order valence-electron chi connectivity index (χ1n) is 2.77. The number of hydrogen-bond donors (Lipinski definition) is 4. The summed E-state index contributed by atoms with van der Waals surface area (Å²) in [6.45, 7) is 0. The van der Waals surface area contributed by atoms with Crippen LogP contribution in [0.3, 0.4) is 0 Å². The highest BCUT2D eigenvalue weighted by Crippen LogP contribution is 1.96. The molecule has 0 saturated heterocycles. The van der Waals surface area contributed by atoms with Gasteiger partial charge < -0.3 is 11.1 Å². The normalized spacial score (nSPS) is 22.4. The third-order valence-electron chi connectivity index (χ3n) is 1.09. The van der Waals surface area contributed by atoms with Gasteiger partial charge >= 0.3 is 10.1 Å². The summed E-state index contributed by atoms with van der Waals surface area (Å²) in [6, 6.07) is 0. The van der Waals surface area contributed by atoms with E-state index in [-0.39, 0.29) is 5.84 Å². The molecule has 1 aliphatic rings. The topological polar surface area (TPSA) is 134 Å². The largest absolute Gasteiger partial charge is 0.363 e. The van der Waals surface area contributed by atoms with Crippen molar-refractivity contribution in [2.24, 2.45) is 10.8 Å². The molecule has 1 unspecified atom stereocenters. The van der Waals surface area contributed by atoms with Crippen molar-refractivity contribution >= 4 is 21.9 Å². The number of amidine groups is 1. The molecule has 0 aromatic rings. The van der Waals surface area contributed by atoms with Gasteiger partial charge in [0.25, 0.3) is 5.91 Å². The van der Waals surface area contributed by atoms with E-state index in [0.29, 0.717) is 0 Å². The number of carbonyl (C=O) groups excluding carboxylic acids is 1. The molecule has 1 atom stereocenters. The highest BCUT2D eigenvalue weighted by Gasteiger charge is 2.29. The molecule has 9 heteroatoms. The van der Waals surface area contributed by atoms with Gasteiger partial charge in [-0.2, -0.15) is 13.5 Å². The number of nitrogens with two attached hydrogens (primary N) is 1. The lowest BCUT2D eigenvalue weighted by Crippen LogP contribution is -2.44. The van der Waals surface area contributed by atoms with E-state index in [2.05, 4.69) is 10.4 Å². The predicted octanol–water partition coefficient (Wildman–Crippen LogP) is -2.85. The van der Waals surface area contributed by atoms with Crippen LogP contribution in [0.2, 0.25) is 0 Å². The lowest BCUT2D eigenvalue weighted by molar-refractivity contribution is -0.112. The van der Waals surface area contributed by atoms with Crippen LogP contribution in [-0.4, -0.2) is 30.2 Å². The van der Waals surface area contributed by atoms with Crippen LogP contribution in [-0.2, 0) is 14.9 Å². The lowest BCUT2D eigenvalue weighted by atomic mass is 10.6. The average Bonchev–Trinajstić information content (AvgIpc) is 2.30. The zero-order valence-corrected chi connectivity index (χ0v) is 6.50. The first-order valence-corrected chi connectivity index (χ1v) is 4.27. The molecule has 8 nitrogen and oxygen atoms in total. The van der Waals surface area contributed by atoms with Crippen LogP contribution < -0.4 is 16.5 Å². The first kappa shape index (κ1) is 8.74. The molecule has 0 aliphatic carbocycles. The third kappa shape index (κ3) is 1.62. The van der Waals surface area contributed by atoms with Crippen LogP contribution >= 0.6 is 0 Å². The van der Waals surface area contributed by atoms with Gasteiger partial charge in [0.15, 0.2) is 0 Å². The fourth-order valence-corrected chi connectivity index (χ4v) is 1.03. The lowest BCUT2D eigenvalue weighted by Gasteiger charge is -2.05. The maximum absolute atomic E-state index is 10.4. The summed E-state index contributed by atoms with van der Waals surface area (Å²) in [5.41, 5.74) is 5.22. The number of hydrogen-bond acceptors (Lipinski definition) is 6. The van der Waals surface area contributed by atoms with Crippen LogP contribution in [0.25, 0.3) is 0 Å². The second-order valence-electron chi connectivity index (χ2n) is 1.99. The van der Waals surface area contributed by atoms with Crippen molar-refractivity contribution < 1.29 is 17.8 Å². The van der Waals surface area contributed by atoms with Crippen molar-refractivity contribution in [1.82, 2.24) is 10.7 Å². The number of carbonyl (C=O) groups is 1. The van der Waals surface area contributed by atoms with E-state index in [0.717, 1.165) is 0 Å². The van der Waals surface area contributed by atoms with Gasteiger partial charge in [-0.3, -0.25) is 14.8 Å². The molecule has 0 bridgehead atoms. The Hall–Kier alpha value is -1.35. The molecule has 1 heterocycles. The Morgan fingerprint density at radius 2 is 2.25 bits per heavy atom. The number of amides is 1. The molecule has 0 radical (unpaired) electrons. The molecule has 1 rings (SSSR count). The molecule has 12 heavy (non-hydrogen) atoms. The van der Waals surface area contributed by atoms with E-state index in [1.165, 1.54) is 0 Å². The van der Waals surface area contributed by atoms with E-state index >= 15 is 0 Å². The highest BCUT2D eigenvalue weighted by atomic mass is 32.2. The van der Waals surface area contributed by atoms with Gasteiger partial charge in [-0.25, -0.2) is 0 Å². The Balaban J connectivity index is 2.71. The summed E-state index contributed by atoms with van der Waals surface area (Å²) in [5, 5.41) is 5.28. The number of nitrogens with one attached hydrogen (secondary N) is 2. The Morgan fingerprint density at radius 1 is 1.67 bits per heavy atom. The summed E-state index contributed by atoms with van der Waals surface area (Å²) >= 11 is 0. The standard InChI is InChI=1S/C3H6N4O4S/c4-1(8)2-5-3(7-6-2)12(9,10)11/h3,7H,(H2,4,8)(H,5,6)(H,9,10,11). The van der Waals surface area contributed by atoms with Gasteiger partial charge in [-0.05, 0) is 0 Å². The van der Waals surface area contributed by atoms with Crippen molar-refractivity contribution in [2.75, 3.05) is 0 Å². The fourth-order valence-electron chi connectivity index (χ4n) is 0.579. The molecule has 0 saturated carbocycles. The smallest absolute Gasteiger partial charge is 0.307 e. The van der Waals surface area contributed by atoms with Crippen molar-refractivity contribution in [1.29, 1.82) is 0 Å². The summed E-state index contributed by atoms with van der Waals surface area (Å²) in [4.78, 5) is 10.4. The molecular weight excluding hydrogens is 188 g/mol. The maximum Gasteiger partial charge on any atom is 0.307 e. The minimum absolute atomic E-state index is 0.336. The Kier molecular flexibility index (Phi) is 1.90. The second-order valence-corrected chi connectivity index (χ2v) is 3.49. The van der Waals surface area contributed by atoms with Crippen molar-refractivity contribution in [3.05, 3.63) is 0 Å². The summed E-state index contributed by atoms with van der Waals surface area (Å²) < 4.78 is 29.3. The summed E-state index contributed by atoms with van der Waals surface area (Å²) in [5.74, 6) is -1.24. The summed E-state index contributed by atoms with van der Waals surface area (Å²) in [6.07, 6.45) is 0. The van der Waals surface area contributed by atoms with Crippen LogP contribution in [0.5, 0.6) is 0 Å². The van der Waals surface area contributed by atoms with Gasteiger partial charge in [0.2, 0.25) is 11.3 Å². The molecule has 68 valence electrons. The van der Waals surface area contributed by atoms with Crippen LogP contribution in [0.15, 0.2) is 5.10 Å². The number of nitrogens with zero attached hydrogens (tertiary/aromatic N) is 1. The van der Waals surface area contributed by atoms with Crippen molar-refractivity contribution in [3.63, 3.8) is 0 Å². The van der Waals surface area contributed by atoms with Crippen LogP contribution in [0, 0.1) is 0 Å². The quantitative estimate of drug-likeness (QED) is 0.349. The maximum atomic E-state index is 10.4. The zero-order chi connectivity index (χ0) is 9.35. The van der Waals surface area contributed by atoms with E-state index in [4.69, 9.17) is 10.3 Å². The Bertz CT molecular complexity index is 332. The zero-order valence-electron chi connectivity index (χ0n) is 5.68. The van der Waals surface area contributed by atoms with E-state index < -0.39 is 21.5 Å². The molecule has 1 aliphatic heterocycles. The number of primary amides is 1. The number of hydrazone groups is 1. The highest BCUT2D eigenvalue weighted by molar-refractivity contribution is 7.86. The first-order chi connectivity index (χ1) is 5.41. The van der Waals surface area contributed by atoms with E-state index in [1.54, 1.807) is 0 Å². The van der Waals surface area contributed by atoms with Gasteiger partial charge in [0.05, 0.1) is 0 Å². The van der Waals surface area contributed by atoms with Gasteiger partial charge in [0, 0.05) is 0 Å². The minimum Gasteiger partial charge on any atom is -0.363 e. The summed E-state index contributed by atoms with van der Waals surface area (Å²) in [7, 11) is -4.31. The van der Waals surface area contributed by atoms with Crippen molar-refractivity contribution in [2.45, 2.75) is 5.50 Å². The van der Waals surface area contributed by atoms with E-state index in [1.807, 2.05) is 5.43 Å². The Labute approximate surface area is 67.6 Å². The molecule has 1 amide bonds.